The minimum absolute atomic E-state index is 0.0770. The van der Waals surface area contributed by atoms with Crippen molar-refractivity contribution in [3.05, 3.63) is 60.2 Å². The Bertz CT molecular complexity index is 833. The molecule has 132 valence electrons. The summed E-state index contributed by atoms with van der Waals surface area (Å²) in [5.41, 5.74) is 0.524. The number of nitrogens with zero attached hydrogens (tertiary/aromatic N) is 2. The normalized spacial score (nSPS) is 16.5. The highest BCUT2D eigenvalue weighted by Crippen LogP contribution is 2.21. The van der Waals surface area contributed by atoms with Crippen LogP contribution < -0.4 is 5.32 Å². The van der Waals surface area contributed by atoms with Gasteiger partial charge < -0.3 is 5.32 Å². The monoisotopic (exact) mass is 363 g/mol. The van der Waals surface area contributed by atoms with Gasteiger partial charge in [-0.15, -0.1) is 0 Å². The third kappa shape index (κ3) is 4.02. The fourth-order valence-corrected chi connectivity index (χ4v) is 4.24. The Morgan fingerprint density at radius 2 is 1.68 bits per heavy atom. The van der Waals surface area contributed by atoms with Crippen molar-refractivity contribution in [2.24, 2.45) is 0 Å². The maximum atomic E-state index is 13.0. The number of carbonyl (C=O) groups excluding carboxylic acids is 1. The molecule has 1 aliphatic rings. The van der Waals surface area contributed by atoms with Crippen molar-refractivity contribution in [1.82, 2.24) is 14.6 Å². The standard InChI is InChI=1S/C17H18FN3O3S/c18-14-1-3-16(4-2-14)25(23,24)21-11-7-15(8-12-21)20-17(22)13-5-9-19-10-6-13/h1-6,9-10,15H,7-8,11-12H2,(H,20,22). The lowest BCUT2D eigenvalue weighted by atomic mass is 10.1. The molecule has 0 radical (unpaired) electrons. The van der Waals surface area contributed by atoms with Gasteiger partial charge in [0.25, 0.3) is 5.91 Å². The van der Waals surface area contributed by atoms with E-state index < -0.39 is 15.8 Å². The molecular weight excluding hydrogens is 345 g/mol. The number of piperidine rings is 1. The minimum Gasteiger partial charge on any atom is -0.349 e. The average Bonchev–Trinajstić information content (AvgIpc) is 2.63. The predicted octanol–water partition coefficient (Wildman–Crippen LogP) is 1.80. The molecule has 1 aliphatic heterocycles. The van der Waals surface area contributed by atoms with Crippen LogP contribution in [-0.4, -0.2) is 42.7 Å². The van der Waals surface area contributed by atoms with E-state index in [2.05, 4.69) is 10.3 Å². The van der Waals surface area contributed by atoms with Gasteiger partial charge in [0.2, 0.25) is 10.0 Å². The Balaban J connectivity index is 1.60. The Hall–Kier alpha value is -2.32. The second-order valence-electron chi connectivity index (χ2n) is 5.84. The number of aromatic nitrogens is 1. The number of halogens is 1. The lowest BCUT2D eigenvalue weighted by Crippen LogP contribution is -2.46. The molecule has 0 aliphatic carbocycles. The minimum atomic E-state index is -3.64. The molecule has 1 fully saturated rings. The lowest BCUT2D eigenvalue weighted by Gasteiger charge is -2.31. The van der Waals surface area contributed by atoms with Crippen LogP contribution in [0.1, 0.15) is 23.2 Å². The van der Waals surface area contributed by atoms with Gasteiger partial charge in [0.15, 0.2) is 0 Å². The zero-order valence-corrected chi connectivity index (χ0v) is 14.2. The SMILES string of the molecule is O=C(NC1CCN(S(=O)(=O)c2ccc(F)cc2)CC1)c1ccncc1. The van der Waals surface area contributed by atoms with E-state index in [1.54, 1.807) is 24.5 Å². The molecule has 1 amide bonds. The molecule has 2 heterocycles. The van der Waals surface area contributed by atoms with Crippen LogP contribution in [0.3, 0.4) is 0 Å². The molecule has 0 spiro atoms. The number of hydrogen-bond acceptors (Lipinski definition) is 4. The van der Waals surface area contributed by atoms with Crippen molar-refractivity contribution < 1.29 is 17.6 Å². The molecular formula is C17H18FN3O3S. The van der Waals surface area contributed by atoms with Gasteiger partial charge in [0.1, 0.15) is 5.82 Å². The van der Waals surface area contributed by atoms with Crippen LogP contribution in [-0.2, 0) is 10.0 Å². The summed E-state index contributed by atoms with van der Waals surface area (Å²) in [7, 11) is -3.64. The molecule has 1 aromatic carbocycles. The molecule has 8 heteroatoms. The molecule has 0 atom stereocenters. The Labute approximate surface area is 145 Å². The van der Waals surface area contributed by atoms with E-state index in [4.69, 9.17) is 0 Å². The number of carbonyl (C=O) groups is 1. The Morgan fingerprint density at radius 3 is 2.28 bits per heavy atom. The van der Waals surface area contributed by atoms with Gasteiger partial charge in [-0.1, -0.05) is 0 Å². The molecule has 0 unspecified atom stereocenters. The maximum absolute atomic E-state index is 13.0. The van der Waals surface area contributed by atoms with Gasteiger partial charge in [0.05, 0.1) is 4.90 Å². The average molecular weight is 363 g/mol. The Kier molecular flexibility index (Phi) is 5.10. The zero-order valence-electron chi connectivity index (χ0n) is 13.4. The van der Waals surface area contributed by atoms with Crippen molar-refractivity contribution in [2.45, 2.75) is 23.8 Å². The molecule has 1 saturated heterocycles. The third-order valence-electron chi connectivity index (χ3n) is 4.18. The highest BCUT2D eigenvalue weighted by Gasteiger charge is 2.30. The summed E-state index contributed by atoms with van der Waals surface area (Å²) in [5.74, 6) is -0.668. The highest BCUT2D eigenvalue weighted by atomic mass is 32.2. The number of sulfonamides is 1. The van der Waals surface area contributed by atoms with Crippen LogP contribution in [0.5, 0.6) is 0 Å². The maximum Gasteiger partial charge on any atom is 0.251 e. The van der Waals surface area contributed by atoms with Crippen LogP contribution in [0, 0.1) is 5.82 Å². The van der Waals surface area contributed by atoms with E-state index in [1.807, 2.05) is 0 Å². The summed E-state index contributed by atoms with van der Waals surface area (Å²) < 4.78 is 39.5. The van der Waals surface area contributed by atoms with Gasteiger partial charge in [-0.3, -0.25) is 9.78 Å². The van der Waals surface area contributed by atoms with Crippen LogP contribution in [0.2, 0.25) is 0 Å². The van der Waals surface area contributed by atoms with Gasteiger partial charge in [0, 0.05) is 37.1 Å². The lowest BCUT2D eigenvalue weighted by molar-refractivity contribution is 0.0923. The largest absolute Gasteiger partial charge is 0.349 e. The summed E-state index contributed by atoms with van der Waals surface area (Å²) in [6.45, 7) is 0.613. The van der Waals surface area contributed by atoms with Gasteiger partial charge in [-0.25, -0.2) is 12.8 Å². The highest BCUT2D eigenvalue weighted by molar-refractivity contribution is 7.89. The molecule has 0 bridgehead atoms. The van der Waals surface area contributed by atoms with Crippen molar-refractivity contribution in [1.29, 1.82) is 0 Å². The predicted molar refractivity (Wildman–Crippen MR) is 89.9 cm³/mol. The van der Waals surface area contributed by atoms with E-state index in [-0.39, 0.29) is 16.8 Å². The van der Waals surface area contributed by atoms with Crippen molar-refractivity contribution in [2.75, 3.05) is 13.1 Å². The first-order valence-corrected chi connectivity index (χ1v) is 9.37. The number of hydrogen-bond donors (Lipinski definition) is 1. The van der Waals surface area contributed by atoms with Crippen LogP contribution in [0.25, 0.3) is 0 Å². The fraction of sp³-hybridized carbons (Fsp3) is 0.294. The molecule has 1 aromatic heterocycles. The smallest absolute Gasteiger partial charge is 0.251 e. The quantitative estimate of drug-likeness (QED) is 0.898. The second kappa shape index (κ2) is 7.28. The summed E-state index contributed by atoms with van der Waals surface area (Å²) in [6, 6.07) is 7.97. The number of pyridine rings is 1. The third-order valence-corrected chi connectivity index (χ3v) is 6.10. The number of nitrogens with one attached hydrogen (secondary N) is 1. The van der Waals surface area contributed by atoms with Crippen molar-refractivity contribution in [3.8, 4) is 0 Å². The summed E-state index contributed by atoms with van der Waals surface area (Å²) in [4.78, 5) is 16.1. The number of amides is 1. The molecule has 2 aromatic rings. The van der Waals surface area contributed by atoms with Gasteiger partial charge >= 0.3 is 0 Å². The topological polar surface area (TPSA) is 79.4 Å². The van der Waals surface area contributed by atoms with Gasteiger partial charge in [-0.2, -0.15) is 4.31 Å². The number of rotatable bonds is 4. The summed E-state index contributed by atoms with van der Waals surface area (Å²) in [5, 5.41) is 2.92. The van der Waals surface area contributed by atoms with E-state index in [0.29, 0.717) is 31.5 Å². The molecule has 1 N–H and O–H groups in total. The van der Waals surface area contributed by atoms with E-state index in [9.17, 15) is 17.6 Å². The number of benzene rings is 1. The summed E-state index contributed by atoms with van der Waals surface area (Å²) in [6.07, 6.45) is 4.15. The molecule has 0 saturated carbocycles. The first-order chi connectivity index (χ1) is 12.0. The van der Waals surface area contributed by atoms with Gasteiger partial charge in [-0.05, 0) is 49.2 Å². The van der Waals surface area contributed by atoms with E-state index >= 15 is 0 Å². The first-order valence-electron chi connectivity index (χ1n) is 7.93. The Morgan fingerprint density at radius 1 is 1.08 bits per heavy atom. The summed E-state index contributed by atoms with van der Waals surface area (Å²) >= 11 is 0. The molecule has 25 heavy (non-hydrogen) atoms. The second-order valence-corrected chi connectivity index (χ2v) is 7.78. The van der Waals surface area contributed by atoms with E-state index in [1.165, 1.54) is 16.4 Å². The van der Waals surface area contributed by atoms with Crippen LogP contribution in [0.4, 0.5) is 4.39 Å². The van der Waals surface area contributed by atoms with Crippen molar-refractivity contribution >= 4 is 15.9 Å². The van der Waals surface area contributed by atoms with Crippen LogP contribution >= 0.6 is 0 Å². The zero-order chi connectivity index (χ0) is 17.9. The molecule has 6 nitrogen and oxygen atoms in total. The first kappa shape index (κ1) is 17.5. The van der Waals surface area contributed by atoms with E-state index in [0.717, 1.165) is 12.1 Å². The molecule has 3 rings (SSSR count). The fourth-order valence-electron chi connectivity index (χ4n) is 2.77. The van der Waals surface area contributed by atoms with Crippen molar-refractivity contribution in [3.63, 3.8) is 0 Å². The van der Waals surface area contributed by atoms with Crippen LogP contribution in [0.15, 0.2) is 53.7 Å².